The number of nitrogens with zero attached hydrogens (tertiary/aromatic N) is 2. The zero-order valence-electron chi connectivity index (χ0n) is 10.6. The molecule has 0 saturated carbocycles. The van der Waals surface area contributed by atoms with Gasteiger partial charge < -0.3 is 10.6 Å². The highest BCUT2D eigenvalue weighted by atomic mass is 16.2. The molecular weight excluding hydrogens is 236 g/mol. The molecule has 98 valence electrons. The Morgan fingerprint density at radius 2 is 2.11 bits per heavy atom. The Labute approximate surface area is 104 Å². The van der Waals surface area contributed by atoms with Gasteiger partial charge in [0, 0.05) is 19.7 Å². The maximum absolute atomic E-state index is 11.8. The van der Waals surface area contributed by atoms with Gasteiger partial charge >= 0.3 is 0 Å². The highest BCUT2D eigenvalue weighted by molar-refractivity contribution is 5.95. The molecule has 2 amide bonds. The average molecular weight is 252 g/mol. The Morgan fingerprint density at radius 3 is 2.67 bits per heavy atom. The second kappa shape index (κ2) is 5.95. The number of carbonyl (C=O) groups excluding carboxylic acids is 2. The van der Waals surface area contributed by atoms with Crippen LogP contribution < -0.4 is 16.2 Å². The van der Waals surface area contributed by atoms with Gasteiger partial charge in [0.25, 0.3) is 11.5 Å². The maximum Gasteiger partial charge on any atom is 0.272 e. The van der Waals surface area contributed by atoms with Crippen LogP contribution >= 0.6 is 0 Å². The number of likely N-dealkylation sites (N-methyl/N-ethyl adjacent to an activating group) is 1. The Bertz CT molecular complexity index is 509. The normalized spacial score (nSPS) is 11.7. The summed E-state index contributed by atoms with van der Waals surface area (Å²) in [5, 5.41) is 8.88. The Morgan fingerprint density at radius 1 is 1.44 bits per heavy atom. The van der Waals surface area contributed by atoms with E-state index >= 15 is 0 Å². The van der Waals surface area contributed by atoms with Crippen LogP contribution in [0.15, 0.2) is 16.9 Å². The van der Waals surface area contributed by atoms with Gasteiger partial charge in [-0.2, -0.15) is 5.10 Å². The summed E-state index contributed by atoms with van der Waals surface area (Å²) in [6, 6.07) is 1.91. The highest BCUT2D eigenvalue weighted by Crippen LogP contribution is 1.92. The lowest BCUT2D eigenvalue weighted by molar-refractivity contribution is -0.122. The van der Waals surface area contributed by atoms with E-state index in [-0.39, 0.29) is 17.2 Å². The first-order chi connectivity index (χ1) is 8.45. The van der Waals surface area contributed by atoms with Crippen molar-refractivity contribution >= 4 is 11.8 Å². The van der Waals surface area contributed by atoms with E-state index in [2.05, 4.69) is 15.7 Å². The number of aryl methyl sites for hydroxylation is 1. The van der Waals surface area contributed by atoms with Crippen LogP contribution in [0.1, 0.15) is 24.3 Å². The molecule has 0 bridgehead atoms. The minimum atomic E-state index is -0.656. The topological polar surface area (TPSA) is 93.1 Å². The number of nitrogens with one attached hydrogen (secondary N) is 2. The standard InChI is InChI=1S/C11H16N4O3/c1-4-12-10(17)7(2)13-11(18)8-5-6-9(16)15(3)14-8/h5-7H,4H2,1-3H3,(H,12,17)(H,13,18). The van der Waals surface area contributed by atoms with Crippen molar-refractivity contribution in [1.82, 2.24) is 20.4 Å². The van der Waals surface area contributed by atoms with Crippen molar-refractivity contribution < 1.29 is 9.59 Å². The molecule has 0 aliphatic heterocycles. The van der Waals surface area contributed by atoms with Crippen molar-refractivity contribution in [2.75, 3.05) is 6.54 Å². The third-order valence-corrected chi connectivity index (χ3v) is 2.28. The molecule has 1 heterocycles. The van der Waals surface area contributed by atoms with Crippen LogP contribution in [0.3, 0.4) is 0 Å². The first kappa shape index (κ1) is 13.9. The Kier molecular flexibility index (Phi) is 4.59. The summed E-state index contributed by atoms with van der Waals surface area (Å²) < 4.78 is 1.06. The fourth-order valence-corrected chi connectivity index (χ4v) is 1.29. The van der Waals surface area contributed by atoms with Gasteiger partial charge in [0.1, 0.15) is 11.7 Å². The zero-order valence-corrected chi connectivity index (χ0v) is 10.6. The van der Waals surface area contributed by atoms with Crippen LogP contribution in [0.25, 0.3) is 0 Å². The van der Waals surface area contributed by atoms with Gasteiger partial charge in [0.15, 0.2) is 0 Å². The summed E-state index contributed by atoms with van der Waals surface area (Å²) in [5.74, 6) is -0.764. The lowest BCUT2D eigenvalue weighted by atomic mass is 10.3. The van der Waals surface area contributed by atoms with Crippen LogP contribution in [0.4, 0.5) is 0 Å². The fourth-order valence-electron chi connectivity index (χ4n) is 1.29. The molecule has 0 aliphatic carbocycles. The van der Waals surface area contributed by atoms with E-state index in [0.29, 0.717) is 6.54 Å². The molecule has 1 unspecified atom stereocenters. The Hall–Kier alpha value is -2.18. The van der Waals surface area contributed by atoms with Crippen LogP contribution in [0.2, 0.25) is 0 Å². The Balaban J connectivity index is 2.73. The molecule has 0 fully saturated rings. The molecule has 0 aromatic carbocycles. The predicted molar refractivity (Wildman–Crippen MR) is 65.1 cm³/mol. The SMILES string of the molecule is CCNC(=O)C(C)NC(=O)c1ccc(=O)n(C)n1. The van der Waals surface area contributed by atoms with Gasteiger partial charge in [-0.05, 0) is 19.9 Å². The van der Waals surface area contributed by atoms with Crippen LogP contribution in [0.5, 0.6) is 0 Å². The molecule has 1 rings (SSSR count). The van der Waals surface area contributed by atoms with Gasteiger partial charge in [-0.15, -0.1) is 0 Å². The molecule has 0 saturated heterocycles. The first-order valence-electron chi connectivity index (χ1n) is 5.58. The van der Waals surface area contributed by atoms with E-state index in [4.69, 9.17) is 0 Å². The van der Waals surface area contributed by atoms with Crippen molar-refractivity contribution in [3.63, 3.8) is 0 Å². The summed E-state index contributed by atoms with van der Waals surface area (Å²) >= 11 is 0. The quantitative estimate of drug-likeness (QED) is 0.721. The smallest absolute Gasteiger partial charge is 0.272 e. The second-order valence-electron chi connectivity index (χ2n) is 3.77. The average Bonchev–Trinajstić information content (AvgIpc) is 2.32. The first-order valence-corrected chi connectivity index (χ1v) is 5.58. The number of aromatic nitrogens is 2. The minimum Gasteiger partial charge on any atom is -0.355 e. The van der Waals surface area contributed by atoms with Crippen molar-refractivity contribution in [3.8, 4) is 0 Å². The summed E-state index contributed by atoms with van der Waals surface area (Å²) in [6.07, 6.45) is 0. The van der Waals surface area contributed by atoms with Crippen molar-refractivity contribution in [2.24, 2.45) is 7.05 Å². The van der Waals surface area contributed by atoms with Gasteiger partial charge in [0.05, 0.1) is 0 Å². The third kappa shape index (κ3) is 3.41. The fraction of sp³-hybridized carbons (Fsp3) is 0.455. The van der Waals surface area contributed by atoms with Crippen molar-refractivity contribution in [3.05, 3.63) is 28.2 Å². The van der Waals surface area contributed by atoms with E-state index in [1.807, 2.05) is 0 Å². The number of rotatable bonds is 4. The molecule has 1 aromatic heterocycles. The lowest BCUT2D eigenvalue weighted by Crippen LogP contribution is -2.45. The largest absolute Gasteiger partial charge is 0.355 e. The van der Waals surface area contributed by atoms with Gasteiger partial charge in [-0.1, -0.05) is 0 Å². The molecule has 18 heavy (non-hydrogen) atoms. The molecule has 0 aliphatic rings. The van der Waals surface area contributed by atoms with Gasteiger partial charge in [-0.3, -0.25) is 14.4 Å². The van der Waals surface area contributed by atoms with Gasteiger partial charge in [-0.25, -0.2) is 4.68 Å². The molecule has 0 spiro atoms. The third-order valence-electron chi connectivity index (χ3n) is 2.28. The second-order valence-corrected chi connectivity index (χ2v) is 3.77. The summed E-state index contributed by atoms with van der Waals surface area (Å²) in [5.41, 5.74) is -0.212. The number of hydrogen-bond donors (Lipinski definition) is 2. The van der Waals surface area contributed by atoms with E-state index < -0.39 is 11.9 Å². The highest BCUT2D eigenvalue weighted by Gasteiger charge is 2.16. The van der Waals surface area contributed by atoms with Crippen LogP contribution in [-0.4, -0.2) is 34.2 Å². The number of carbonyl (C=O) groups is 2. The van der Waals surface area contributed by atoms with Crippen molar-refractivity contribution in [1.29, 1.82) is 0 Å². The molecule has 1 aromatic rings. The molecule has 7 nitrogen and oxygen atoms in total. The minimum absolute atomic E-state index is 0.0910. The van der Waals surface area contributed by atoms with E-state index in [1.165, 1.54) is 19.2 Å². The summed E-state index contributed by atoms with van der Waals surface area (Å²) in [7, 11) is 1.45. The summed E-state index contributed by atoms with van der Waals surface area (Å²) in [6.45, 7) is 3.86. The predicted octanol–water partition coefficient (Wildman–Crippen LogP) is -0.965. The summed E-state index contributed by atoms with van der Waals surface area (Å²) in [4.78, 5) is 34.3. The lowest BCUT2D eigenvalue weighted by Gasteiger charge is -2.12. The monoisotopic (exact) mass is 252 g/mol. The number of amides is 2. The number of hydrogen-bond acceptors (Lipinski definition) is 4. The molecule has 2 N–H and O–H groups in total. The molecule has 1 atom stereocenters. The maximum atomic E-state index is 11.8. The zero-order chi connectivity index (χ0) is 13.7. The van der Waals surface area contributed by atoms with E-state index in [0.717, 1.165) is 4.68 Å². The van der Waals surface area contributed by atoms with Crippen LogP contribution in [0, 0.1) is 0 Å². The van der Waals surface area contributed by atoms with Gasteiger partial charge in [0.2, 0.25) is 5.91 Å². The molecular formula is C11H16N4O3. The van der Waals surface area contributed by atoms with Crippen LogP contribution in [-0.2, 0) is 11.8 Å². The van der Waals surface area contributed by atoms with Crippen molar-refractivity contribution in [2.45, 2.75) is 19.9 Å². The van der Waals surface area contributed by atoms with E-state index in [1.54, 1.807) is 13.8 Å². The molecule has 0 radical (unpaired) electrons. The molecule has 7 heteroatoms. The van der Waals surface area contributed by atoms with E-state index in [9.17, 15) is 14.4 Å².